The van der Waals surface area contributed by atoms with Gasteiger partial charge in [-0.3, -0.25) is 0 Å². The first-order valence-electron chi connectivity index (χ1n) is 5.61. The smallest absolute Gasteiger partial charge is 0.0329 e. The van der Waals surface area contributed by atoms with Gasteiger partial charge in [-0.05, 0) is 48.3 Å². The van der Waals surface area contributed by atoms with Gasteiger partial charge in [-0.2, -0.15) is 0 Å². The maximum absolute atomic E-state index is 2.42. The van der Waals surface area contributed by atoms with Crippen molar-refractivity contribution in [3.05, 3.63) is 0 Å². The van der Waals surface area contributed by atoms with Crippen molar-refractivity contribution in [2.75, 3.05) is 0 Å². The van der Waals surface area contributed by atoms with Crippen molar-refractivity contribution in [2.24, 2.45) is 35.5 Å². The topological polar surface area (TPSA) is 0 Å². The molecule has 0 aliphatic heterocycles. The van der Waals surface area contributed by atoms with E-state index in [1.165, 1.54) is 0 Å². The molecule has 0 nitrogen and oxygen atoms in total. The predicted molar refractivity (Wildman–Crippen MR) is 52.9 cm³/mol. The van der Waals surface area contributed by atoms with Crippen LogP contribution in [0.4, 0.5) is 0 Å². The van der Waals surface area contributed by atoms with Gasteiger partial charge in [0.05, 0.1) is 0 Å². The molecule has 0 spiro atoms. The number of hydrogen-bond acceptors (Lipinski definition) is 0. The van der Waals surface area contributed by atoms with Gasteiger partial charge in [0.1, 0.15) is 0 Å². The van der Waals surface area contributed by atoms with Crippen molar-refractivity contribution in [2.45, 2.75) is 40.5 Å². The molecule has 70 valence electrons. The lowest BCUT2D eigenvalue weighted by Crippen LogP contribution is -2.22. The van der Waals surface area contributed by atoms with E-state index in [0.29, 0.717) is 0 Å². The van der Waals surface area contributed by atoms with E-state index in [0.717, 1.165) is 35.5 Å². The third-order valence-corrected chi connectivity index (χ3v) is 4.17. The van der Waals surface area contributed by atoms with Crippen molar-refractivity contribution in [1.29, 1.82) is 0 Å². The second kappa shape index (κ2) is 2.75. The summed E-state index contributed by atoms with van der Waals surface area (Å²) in [5, 5.41) is 0. The van der Waals surface area contributed by atoms with Crippen LogP contribution in [0.3, 0.4) is 0 Å². The fraction of sp³-hybridized carbons (Fsp3) is 1.00. The van der Waals surface area contributed by atoms with E-state index in [1.54, 1.807) is 12.8 Å². The highest BCUT2D eigenvalue weighted by Gasteiger charge is 2.54. The molecule has 0 amide bonds. The molecule has 0 N–H and O–H groups in total. The Balaban J connectivity index is 2.06. The molecule has 0 bridgehead atoms. The molecule has 0 saturated heterocycles. The zero-order valence-corrected chi connectivity index (χ0v) is 8.88. The van der Waals surface area contributed by atoms with Crippen LogP contribution in [0.2, 0.25) is 0 Å². The molecular weight excluding hydrogens is 144 g/mol. The normalized spacial score (nSPS) is 45.5. The summed E-state index contributed by atoms with van der Waals surface area (Å²) in [5.74, 6) is 6.24. The third kappa shape index (κ3) is 1.20. The summed E-state index contributed by atoms with van der Waals surface area (Å²) in [4.78, 5) is 0. The van der Waals surface area contributed by atoms with Gasteiger partial charge < -0.3 is 0 Å². The maximum atomic E-state index is 2.42. The Kier molecular flexibility index (Phi) is 1.97. The highest BCUT2D eigenvalue weighted by molar-refractivity contribution is 5.03. The lowest BCUT2D eigenvalue weighted by atomic mass is 9.77. The summed E-state index contributed by atoms with van der Waals surface area (Å²) >= 11 is 0. The largest absolute Gasteiger partial charge is 0.0625 e. The third-order valence-electron chi connectivity index (χ3n) is 4.17. The van der Waals surface area contributed by atoms with Gasteiger partial charge in [-0.1, -0.05) is 27.7 Å². The summed E-state index contributed by atoms with van der Waals surface area (Å²) in [6.45, 7) is 9.65. The van der Waals surface area contributed by atoms with Crippen molar-refractivity contribution in [3.8, 4) is 0 Å². The molecule has 0 aromatic carbocycles. The first-order valence-corrected chi connectivity index (χ1v) is 5.61. The molecule has 0 aromatic heterocycles. The molecule has 4 atom stereocenters. The standard InChI is InChI=1S/C12H22/c1-7(2)10-5-9-6-11(9)12(10)8(3)4/h7-12H,5-6H2,1-4H3/t9-,10-,11+,12+/m0/s1. The molecule has 0 heterocycles. The molecule has 2 saturated carbocycles. The van der Waals surface area contributed by atoms with Crippen LogP contribution in [0.5, 0.6) is 0 Å². The minimum absolute atomic E-state index is 0.921. The molecule has 0 radical (unpaired) electrons. The Hall–Kier alpha value is 0. The highest BCUT2D eigenvalue weighted by Crippen LogP contribution is 2.61. The summed E-state index contributed by atoms with van der Waals surface area (Å²) in [5.41, 5.74) is 0. The zero-order valence-electron chi connectivity index (χ0n) is 8.88. The van der Waals surface area contributed by atoms with Gasteiger partial charge >= 0.3 is 0 Å². The second-order valence-electron chi connectivity index (χ2n) is 5.62. The molecular formula is C12H22. The predicted octanol–water partition coefficient (Wildman–Crippen LogP) is 3.57. The molecule has 2 aliphatic rings. The first-order chi connectivity index (χ1) is 5.61. The van der Waals surface area contributed by atoms with Gasteiger partial charge in [0.15, 0.2) is 0 Å². The highest BCUT2D eigenvalue weighted by atomic mass is 14.6. The Labute approximate surface area is 76.7 Å². The lowest BCUT2D eigenvalue weighted by Gasteiger charge is -2.29. The van der Waals surface area contributed by atoms with E-state index in [9.17, 15) is 0 Å². The number of fused-ring (bicyclic) bond motifs is 1. The van der Waals surface area contributed by atoms with E-state index in [1.807, 2.05) is 0 Å². The van der Waals surface area contributed by atoms with Crippen LogP contribution in [0.1, 0.15) is 40.5 Å². The van der Waals surface area contributed by atoms with Crippen LogP contribution in [-0.2, 0) is 0 Å². The van der Waals surface area contributed by atoms with Crippen molar-refractivity contribution in [1.82, 2.24) is 0 Å². The molecule has 12 heavy (non-hydrogen) atoms. The SMILES string of the molecule is CC(C)[C@H]1[C@@H]2C[C@@H]2C[C@H]1C(C)C. The first kappa shape index (κ1) is 8.59. The minimum atomic E-state index is 0.921. The number of rotatable bonds is 2. The van der Waals surface area contributed by atoms with E-state index < -0.39 is 0 Å². The van der Waals surface area contributed by atoms with Gasteiger partial charge in [0, 0.05) is 0 Å². The Morgan fingerprint density at radius 2 is 1.58 bits per heavy atom. The summed E-state index contributed by atoms with van der Waals surface area (Å²) in [7, 11) is 0. The van der Waals surface area contributed by atoms with Crippen LogP contribution in [0.15, 0.2) is 0 Å². The van der Waals surface area contributed by atoms with Crippen molar-refractivity contribution in [3.63, 3.8) is 0 Å². The fourth-order valence-electron chi connectivity index (χ4n) is 3.54. The van der Waals surface area contributed by atoms with Gasteiger partial charge in [0.2, 0.25) is 0 Å². The molecule has 0 unspecified atom stereocenters. The quantitative estimate of drug-likeness (QED) is 0.588. The molecule has 2 aliphatic carbocycles. The number of hydrogen-bond donors (Lipinski definition) is 0. The van der Waals surface area contributed by atoms with E-state index in [4.69, 9.17) is 0 Å². The summed E-state index contributed by atoms with van der Waals surface area (Å²) < 4.78 is 0. The summed E-state index contributed by atoms with van der Waals surface area (Å²) in [6.07, 6.45) is 3.11. The Bertz CT molecular complexity index is 169. The van der Waals surface area contributed by atoms with Crippen LogP contribution >= 0.6 is 0 Å². The van der Waals surface area contributed by atoms with E-state index in [2.05, 4.69) is 27.7 Å². The summed E-state index contributed by atoms with van der Waals surface area (Å²) in [6, 6.07) is 0. The Morgan fingerprint density at radius 3 is 2.00 bits per heavy atom. The van der Waals surface area contributed by atoms with Crippen molar-refractivity contribution < 1.29 is 0 Å². The second-order valence-corrected chi connectivity index (χ2v) is 5.62. The van der Waals surface area contributed by atoms with Crippen molar-refractivity contribution >= 4 is 0 Å². The molecule has 2 rings (SSSR count). The van der Waals surface area contributed by atoms with E-state index in [-0.39, 0.29) is 0 Å². The van der Waals surface area contributed by atoms with Gasteiger partial charge in [0.25, 0.3) is 0 Å². The monoisotopic (exact) mass is 166 g/mol. The van der Waals surface area contributed by atoms with Gasteiger partial charge in [-0.15, -0.1) is 0 Å². The van der Waals surface area contributed by atoms with Crippen LogP contribution < -0.4 is 0 Å². The van der Waals surface area contributed by atoms with Crippen LogP contribution in [-0.4, -0.2) is 0 Å². The maximum Gasteiger partial charge on any atom is -0.0329 e. The van der Waals surface area contributed by atoms with Crippen LogP contribution in [0.25, 0.3) is 0 Å². The molecule has 2 fully saturated rings. The molecule has 0 aromatic rings. The average Bonchev–Trinajstić information content (AvgIpc) is 2.60. The molecule has 0 heteroatoms. The minimum Gasteiger partial charge on any atom is -0.0625 e. The van der Waals surface area contributed by atoms with Gasteiger partial charge in [-0.25, -0.2) is 0 Å². The lowest BCUT2D eigenvalue weighted by molar-refractivity contribution is 0.201. The fourth-order valence-corrected chi connectivity index (χ4v) is 3.54. The zero-order chi connectivity index (χ0) is 8.88. The average molecular weight is 166 g/mol. The van der Waals surface area contributed by atoms with Crippen LogP contribution in [0, 0.1) is 35.5 Å². The Morgan fingerprint density at radius 1 is 0.917 bits per heavy atom. The van der Waals surface area contributed by atoms with E-state index >= 15 is 0 Å².